The average molecular weight is 605 g/mol. The van der Waals surface area contributed by atoms with Gasteiger partial charge in [-0.2, -0.15) is 13.2 Å². The van der Waals surface area contributed by atoms with Gasteiger partial charge in [-0.15, -0.1) is 11.8 Å². The third-order valence-corrected chi connectivity index (χ3v) is 9.26. The van der Waals surface area contributed by atoms with Gasteiger partial charge in [0.25, 0.3) is 5.91 Å². The first-order valence-electron chi connectivity index (χ1n) is 12.9. The lowest BCUT2D eigenvalue weighted by molar-refractivity contribution is -0.173. The number of halogens is 4. The van der Waals surface area contributed by atoms with Crippen LogP contribution in [0.2, 0.25) is 5.02 Å². The van der Waals surface area contributed by atoms with Crippen molar-refractivity contribution >= 4 is 40.9 Å². The van der Waals surface area contributed by atoms with Crippen LogP contribution in [-0.2, 0) is 10.5 Å². The second kappa shape index (κ2) is 10.0. The van der Waals surface area contributed by atoms with Crippen molar-refractivity contribution < 1.29 is 27.9 Å². The van der Waals surface area contributed by atoms with Crippen molar-refractivity contribution in [2.24, 2.45) is 0 Å². The Labute approximate surface area is 241 Å². The van der Waals surface area contributed by atoms with E-state index in [0.29, 0.717) is 51.9 Å². The monoisotopic (exact) mass is 604 g/mol. The van der Waals surface area contributed by atoms with E-state index in [1.165, 1.54) is 27.6 Å². The molecular formula is C28H24ClF3N4O4S. The van der Waals surface area contributed by atoms with Gasteiger partial charge in [0.1, 0.15) is 18.8 Å². The van der Waals surface area contributed by atoms with Crippen LogP contribution in [0.4, 0.5) is 18.9 Å². The molecule has 13 heteroatoms. The van der Waals surface area contributed by atoms with Crippen molar-refractivity contribution in [2.75, 3.05) is 23.1 Å². The van der Waals surface area contributed by atoms with Crippen LogP contribution in [0.15, 0.2) is 58.4 Å². The molecule has 0 unspecified atom stereocenters. The Morgan fingerprint density at radius 2 is 1.85 bits per heavy atom. The number of thioether (sulfide) groups is 1. The summed E-state index contributed by atoms with van der Waals surface area (Å²) in [5, 5.41) is 12.5. The van der Waals surface area contributed by atoms with Gasteiger partial charge in [0.15, 0.2) is 11.4 Å². The molecule has 6 rings (SSSR count). The van der Waals surface area contributed by atoms with Gasteiger partial charge in [-0.25, -0.2) is 0 Å². The summed E-state index contributed by atoms with van der Waals surface area (Å²) in [5.41, 5.74) is 1.33. The van der Waals surface area contributed by atoms with Crippen LogP contribution >= 0.6 is 23.4 Å². The molecule has 0 spiro atoms. The molecule has 4 heterocycles. The molecule has 2 atom stereocenters. The van der Waals surface area contributed by atoms with Gasteiger partial charge in [-0.1, -0.05) is 29.8 Å². The number of pyridine rings is 1. The fraction of sp³-hybridized carbons (Fsp3) is 0.321. The molecule has 8 nitrogen and oxygen atoms in total. The number of carbonyl (C=O) groups is 2. The smallest absolute Gasteiger partial charge is 0.408 e. The summed E-state index contributed by atoms with van der Waals surface area (Å²) in [5.74, 6) is -1.63. The molecule has 3 aliphatic rings. The predicted molar refractivity (Wildman–Crippen MR) is 148 cm³/mol. The molecule has 0 bridgehead atoms. The minimum Gasteiger partial charge on any atom is -0.502 e. The molecule has 0 radical (unpaired) electrons. The van der Waals surface area contributed by atoms with E-state index in [-0.39, 0.29) is 5.91 Å². The highest BCUT2D eigenvalue weighted by atomic mass is 35.5. The number of hydrogen-bond acceptors (Lipinski definition) is 6. The third kappa shape index (κ3) is 4.44. The number of nitrogens with zero attached hydrogens (tertiary/aromatic N) is 4. The number of benzene rings is 2. The summed E-state index contributed by atoms with van der Waals surface area (Å²) >= 11 is 8.28. The van der Waals surface area contributed by atoms with Gasteiger partial charge >= 0.3 is 6.18 Å². The van der Waals surface area contributed by atoms with E-state index in [2.05, 4.69) is 0 Å². The molecule has 3 aliphatic heterocycles. The molecule has 2 amide bonds. The van der Waals surface area contributed by atoms with E-state index in [4.69, 9.17) is 11.6 Å². The summed E-state index contributed by atoms with van der Waals surface area (Å²) in [6.07, 6.45) is -2.37. The van der Waals surface area contributed by atoms with Crippen LogP contribution in [0.3, 0.4) is 0 Å². The predicted octanol–water partition coefficient (Wildman–Crippen LogP) is 5.03. The van der Waals surface area contributed by atoms with Crippen LogP contribution in [0.1, 0.15) is 53.0 Å². The number of aromatic nitrogens is 1. The molecule has 0 saturated carbocycles. The standard InChI is InChI=1S/C28H24ClF3N4O4S/c1-15(28(30,31)32)34-14-36(35-12-10-20(37)26(39)25(35)27(34)40)24-16-5-2-7-19(33-11-4-9-22(33)38)17(16)13-41-21-8-3-6-18(29)23(21)24/h2-3,5-8,10,12,15,24,39H,4,9,11,13-14H2,1H3/t15-,24+/m1/s1. The summed E-state index contributed by atoms with van der Waals surface area (Å²) in [6.45, 7) is 0.880. The minimum absolute atomic E-state index is 0.0129. The number of aromatic hydroxyl groups is 1. The highest BCUT2D eigenvalue weighted by Crippen LogP contribution is 2.48. The largest absolute Gasteiger partial charge is 0.502 e. The maximum absolute atomic E-state index is 14.0. The molecule has 1 fully saturated rings. The Bertz CT molecular complexity index is 1650. The molecule has 1 aromatic heterocycles. The zero-order chi connectivity index (χ0) is 29.2. The Balaban J connectivity index is 1.63. The number of fused-ring (bicyclic) bond motifs is 3. The van der Waals surface area contributed by atoms with Gasteiger partial charge in [0, 0.05) is 52.2 Å². The second-order valence-electron chi connectivity index (χ2n) is 10.1. The van der Waals surface area contributed by atoms with Crippen molar-refractivity contribution in [2.45, 2.75) is 48.7 Å². The summed E-state index contributed by atoms with van der Waals surface area (Å²) in [4.78, 5) is 41.6. The van der Waals surface area contributed by atoms with E-state index < -0.39 is 47.7 Å². The van der Waals surface area contributed by atoms with Crippen LogP contribution < -0.4 is 15.3 Å². The van der Waals surface area contributed by atoms with Crippen molar-refractivity contribution in [1.29, 1.82) is 0 Å². The molecule has 0 aliphatic carbocycles. The fourth-order valence-corrected chi connectivity index (χ4v) is 7.22. The Hall–Kier alpha value is -3.64. The van der Waals surface area contributed by atoms with Gasteiger partial charge in [-0.3, -0.25) is 24.1 Å². The third-order valence-electron chi connectivity index (χ3n) is 7.84. The van der Waals surface area contributed by atoms with Gasteiger partial charge in [-0.05, 0) is 42.7 Å². The molecule has 1 N–H and O–H groups in total. The van der Waals surface area contributed by atoms with E-state index in [1.807, 2.05) is 18.2 Å². The van der Waals surface area contributed by atoms with Crippen LogP contribution in [-0.4, -0.2) is 51.9 Å². The van der Waals surface area contributed by atoms with Crippen LogP contribution in [0.25, 0.3) is 0 Å². The number of alkyl halides is 3. The first kappa shape index (κ1) is 27.5. The average Bonchev–Trinajstić information content (AvgIpc) is 3.28. The molecular weight excluding hydrogens is 581 g/mol. The summed E-state index contributed by atoms with van der Waals surface area (Å²) in [7, 11) is 0. The quantitative estimate of drug-likeness (QED) is 0.451. The zero-order valence-corrected chi connectivity index (χ0v) is 23.3. The Morgan fingerprint density at radius 1 is 1.10 bits per heavy atom. The first-order valence-corrected chi connectivity index (χ1v) is 14.3. The van der Waals surface area contributed by atoms with E-state index in [0.717, 1.165) is 23.4 Å². The van der Waals surface area contributed by atoms with Gasteiger partial charge in [0.05, 0.1) is 0 Å². The van der Waals surface area contributed by atoms with E-state index in [9.17, 15) is 32.7 Å². The molecule has 1 saturated heterocycles. The van der Waals surface area contributed by atoms with Gasteiger partial charge in [0.2, 0.25) is 11.3 Å². The van der Waals surface area contributed by atoms with Gasteiger partial charge < -0.3 is 14.9 Å². The summed E-state index contributed by atoms with van der Waals surface area (Å²) in [6, 6.07) is 8.78. The molecule has 214 valence electrons. The second-order valence-corrected chi connectivity index (χ2v) is 11.6. The van der Waals surface area contributed by atoms with Crippen LogP contribution in [0, 0.1) is 0 Å². The topological polar surface area (TPSA) is 86.1 Å². The number of carbonyl (C=O) groups excluding carboxylic acids is 2. The Morgan fingerprint density at radius 3 is 2.56 bits per heavy atom. The molecule has 41 heavy (non-hydrogen) atoms. The molecule has 2 aromatic carbocycles. The SMILES string of the molecule is C[C@@H](N1CN([C@H]2c3cccc(N4CCCC4=O)c3CSc3cccc(Cl)c32)n2ccc(=O)c(O)c2C1=O)C(F)(F)F. The molecule has 3 aromatic rings. The van der Waals surface area contributed by atoms with E-state index in [1.54, 1.807) is 23.1 Å². The number of anilines is 1. The van der Waals surface area contributed by atoms with Crippen molar-refractivity contribution in [3.05, 3.63) is 86.3 Å². The van der Waals surface area contributed by atoms with Crippen LogP contribution in [0.5, 0.6) is 5.75 Å². The van der Waals surface area contributed by atoms with Crippen molar-refractivity contribution in [3.63, 3.8) is 0 Å². The first-order chi connectivity index (χ1) is 19.5. The maximum atomic E-state index is 14.0. The maximum Gasteiger partial charge on any atom is 0.408 e. The number of rotatable bonds is 3. The minimum atomic E-state index is -4.77. The number of amides is 2. The zero-order valence-electron chi connectivity index (χ0n) is 21.7. The summed E-state index contributed by atoms with van der Waals surface area (Å²) < 4.78 is 43.2. The lowest BCUT2D eigenvalue weighted by Crippen LogP contribution is -2.60. The highest BCUT2D eigenvalue weighted by molar-refractivity contribution is 7.98. The lowest BCUT2D eigenvalue weighted by Gasteiger charge is -2.46. The normalized spacial score (nSPS) is 19.5. The Kier molecular flexibility index (Phi) is 6.73. The highest BCUT2D eigenvalue weighted by Gasteiger charge is 2.48. The number of hydrogen-bond donors (Lipinski definition) is 1. The lowest BCUT2D eigenvalue weighted by atomic mass is 9.93. The van der Waals surface area contributed by atoms with E-state index >= 15 is 0 Å². The van der Waals surface area contributed by atoms with Crippen molar-refractivity contribution in [3.8, 4) is 5.75 Å². The fourth-order valence-electron chi connectivity index (χ4n) is 5.72. The van der Waals surface area contributed by atoms with Crippen molar-refractivity contribution in [1.82, 2.24) is 9.58 Å².